The summed E-state index contributed by atoms with van der Waals surface area (Å²) in [5.41, 5.74) is 4.87. The standard InChI is InChI=1S/C11H10BrNS/c1-7-3-4-9(5-8(7)2)10-6-14-11(12)13-10/h3-6H,1-2H3. The van der Waals surface area contributed by atoms with Gasteiger partial charge in [-0.2, -0.15) is 0 Å². The fraction of sp³-hybridized carbons (Fsp3) is 0.182. The van der Waals surface area contributed by atoms with Crippen LogP contribution in [0.4, 0.5) is 0 Å². The molecule has 1 nitrogen and oxygen atoms in total. The molecule has 0 spiro atoms. The minimum absolute atomic E-state index is 0.936. The number of aryl methyl sites for hydroxylation is 2. The summed E-state index contributed by atoms with van der Waals surface area (Å²) in [6.07, 6.45) is 0. The van der Waals surface area contributed by atoms with Crippen molar-refractivity contribution in [2.45, 2.75) is 13.8 Å². The molecule has 0 saturated heterocycles. The maximum atomic E-state index is 4.39. The van der Waals surface area contributed by atoms with Gasteiger partial charge in [0.1, 0.15) is 0 Å². The Morgan fingerprint density at radius 2 is 2.00 bits per heavy atom. The van der Waals surface area contributed by atoms with Gasteiger partial charge in [0, 0.05) is 10.9 Å². The second kappa shape index (κ2) is 3.83. The van der Waals surface area contributed by atoms with Crippen LogP contribution in [0.3, 0.4) is 0 Å². The smallest absolute Gasteiger partial charge is 0.159 e. The maximum Gasteiger partial charge on any atom is 0.159 e. The van der Waals surface area contributed by atoms with Crippen LogP contribution in [-0.2, 0) is 0 Å². The summed E-state index contributed by atoms with van der Waals surface area (Å²) in [7, 11) is 0. The van der Waals surface area contributed by atoms with Crippen LogP contribution in [0.5, 0.6) is 0 Å². The Labute approximate surface area is 95.9 Å². The molecule has 1 aromatic heterocycles. The zero-order chi connectivity index (χ0) is 10.1. The SMILES string of the molecule is Cc1ccc(-c2csc(Br)n2)cc1C. The third-order valence-electron chi connectivity index (χ3n) is 2.28. The molecule has 0 amide bonds. The van der Waals surface area contributed by atoms with E-state index in [1.807, 2.05) is 0 Å². The normalized spacial score (nSPS) is 10.5. The fourth-order valence-electron chi connectivity index (χ4n) is 1.29. The molecule has 0 fully saturated rings. The monoisotopic (exact) mass is 267 g/mol. The van der Waals surface area contributed by atoms with Gasteiger partial charge in [0.15, 0.2) is 3.92 Å². The Kier molecular flexibility index (Phi) is 2.70. The minimum atomic E-state index is 0.936. The Balaban J connectivity index is 2.47. The summed E-state index contributed by atoms with van der Waals surface area (Å²) in [5, 5.41) is 2.06. The molecular formula is C11H10BrNS. The van der Waals surface area contributed by atoms with E-state index in [-0.39, 0.29) is 0 Å². The van der Waals surface area contributed by atoms with Crippen molar-refractivity contribution in [3.8, 4) is 11.3 Å². The average Bonchev–Trinajstić information content (AvgIpc) is 2.57. The van der Waals surface area contributed by atoms with Crippen LogP contribution in [0.15, 0.2) is 27.5 Å². The van der Waals surface area contributed by atoms with Crippen LogP contribution < -0.4 is 0 Å². The van der Waals surface area contributed by atoms with E-state index in [4.69, 9.17) is 0 Å². The molecule has 0 N–H and O–H groups in total. The molecule has 2 aromatic rings. The maximum absolute atomic E-state index is 4.39. The second-order valence-corrected chi connectivity index (χ2v) is 5.42. The van der Waals surface area contributed by atoms with Gasteiger partial charge in [-0.1, -0.05) is 12.1 Å². The van der Waals surface area contributed by atoms with Crippen molar-refractivity contribution in [1.82, 2.24) is 4.98 Å². The van der Waals surface area contributed by atoms with Crippen molar-refractivity contribution in [2.75, 3.05) is 0 Å². The van der Waals surface area contributed by atoms with E-state index in [0.29, 0.717) is 0 Å². The van der Waals surface area contributed by atoms with Crippen molar-refractivity contribution in [3.63, 3.8) is 0 Å². The van der Waals surface area contributed by atoms with Crippen LogP contribution in [-0.4, -0.2) is 4.98 Å². The zero-order valence-electron chi connectivity index (χ0n) is 8.04. The molecule has 3 heteroatoms. The first kappa shape index (κ1) is 9.87. The first-order valence-corrected chi connectivity index (χ1v) is 6.03. The van der Waals surface area contributed by atoms with E-state index >= 15 is 0 Å². The van der Waals surface area contributed by atoms with E-state index < -0.39 is 0 Å². The highest BCUT2D eigenvalue weighted by Crippen LogP contribution is 2.26. The summed E-state index contributed by atoms with van der Waals surface area (Å²) in [4.78, 5) is 4.39. The summed E-state index contributed by atoms with van der Waals surface area (Å²) < 4.78 is 0.936. The molecule has 1 aromatic carbocycles. The van der Waals surface area contributed by atoms with Crippen molar-refractivity contribution in [3.05, 3.63) is 38.6 Å². The van der Waals surface area contributed by atoms with Gasteiger partial charge in [-0.25, -0.2) is 4.98 Å². The van der Waals surface area contributed by atoms with Crippen LogP contribution in [0, 0.1) is 13.8 Å². The molecule has 0 unspecified atom stereocenters. The van der Waals surface area contributed by atoms with E-state index in [9.17, 15) is 0 Å². The number of benzene rings is 1. The molecule has 0 aliphatic carbocycles. The summed E-state index contributed by atoms with van der Waals surface area (Å²) in [5.74, 6) is 0. The van der Waals surface area contributed by atoms with Crippen LogP contribution >= 0.6 is 27.3 Å². The Morgan fingerprint density at radius 3 is 2.57 bits per heavy atom. The lowest BCUT2D eigenvalue weighted by Crippen LogP contribution is -1.83. The largest absolute Gasteiger partial charge is 0.229 e. The minimum Gasteiger partial charge on any atom is -0.229 e. The average molecular weight is 268 g/mol. The molecule has 0 aliphatic rings. The first-order chi connectivity index (χ1) is 6.66. The van der Waals surface area contributed by atoms with Crippen LogP contribution in [0.1, 0.15) is 11.1 Å². The van der Waals surface area contributed by atoms with Gasteiger partial charge >= 0.3 is 0 Å². The van der Waals surface area contributed by atoms with Gasteiger partial charge in [0.05, 0.1) is 5.69 Å². The van der Waals surface area contributed by atoms with Crippen molar-refractivity contribution < 1.29 is 0 Å². The second-order valence-electron chi connectivity index (χ2n) is 3.28. The van der Waals surface area contributed by atoms with Gasteiger partial charge in [0.25, 0.3) is 0 Å². The third kappa shape index (κ3) is 1.88. The van der Waals surface area contributed by atoms with Gasteiger partial charge in [-0.05, 0) is 47.0 Å². The molecular weight excluding hydrogens is 258 g/mol. The van der Waals surface area contributed by atoms with Crippen molar-refractivity contribution >= 4 is 27.3 Å². The number of nitrogens with zero attached hydrogens (tertiary/aromatic N) is 1. The Bertz CT molecular complexity index is 462. The van der Waals surface area contributed by atoms with Gasteiger partial charge in [-0.3, -0.25) is 0 Å². The first-order valence-electron chi connectivity index (χ1n) is 4.35. The number of aromatic nitrogens is 1. The predicted molar refractivity (Wildman–Crippen MR) is 64.7 cm³/mol. The third-order valence-corrected chi connectivity index (χ3v) is 3.64. The van der Waals surface area contributed by atoms with E-state index in [1.165, 1.54) is 16.7 Å². The lowest BCUT2D eigenvalue weighted by atomic mass is 10.1. The Morgan fingerprint density at radius 1 is 1.21 bits per heavy atom. The van der Waals surface area contributed by atoms with E-state index in [0.717, 1.165) is 9.61 Å². The Hall–Kier alpha value is -0.670. The van der Waals surface area contributed by atoms with Crippen molar-refractivity contribution in [1.29, 1.82) is 0 Å². The number of thiazole rings is 1. The van der Waals surface area contributed by atoms with Crippen molar-refractivity contribution in [2.24, 2.45) is 0 Å². The lowest BCUT2D eigenvalue weighted by molar-refractivity contribution is 1.32. The van der Waals surface area contributed by atoms with E-state index in [1.54, 1.807) is 11.3 Å². The summed E-state index contributed by atoms with van der Waals surface area (Å²) in [6, 6.07) is 6.43. The molecule has 2 rings (SSSR count). The predicted octanol–water partition coefficient (Wildman–Crippen LogP) is 4.19. The van der Waals surface area contributed by atoms with Gasteiger partial charge in [0.2, 0.25) is 0 Å². The number of halogens is 1. The highest BCUT2D eigenvalue weighted by molar-refractivity contribution is 9.11. The zero-order valence-corrected chi connectivity index (χ0v) is 10.4. The van der Waals surface area contributed by atoms with Crippen LogP contribution in [0.25, 0.3) is 11.3 Å². The van der Waals surface area contributed by atoms with E-state index in [2.05, 4.69) is 58.3 Å². The molecule has 0 aliphatic heterocycles. The molecule has 0 atom stereocenters. The summed E-state index contributed by atoms with van der Waals surface area (Å²) >= 11 is 4.98. The quantitative estimate of drug-likeness (QED) is 0.755. The molecule has 0 radical (unpaired) electrons. The topological polar surface area (TPSA) is 12.9 Å². The highest BCUT2D eigenvalue weighted by Gasteiger charge is 2.03. The number of rotatable bonds is 1. The summed E-state index contributed by atoms with van der Waals surface area (Å²) in [6.45, 7) is 4.25. The number of hydrogen-bond acceptors (Lipinski definition) is 2. The van der Waals surface area contributed by atoms with Gasteiger partial charge in [-0.15, -0.1) is 11.3 Å². The molecule has 0 saturated carbocycles. The highest BCUT2D eigenvalue weighted by atomic mass is 79.9. The lowest BCUT2D eigenvalue weighted by Gasteiger charge is -2.01. The molecule has 14 heavy (non-hydrogen) atoms. The number of hydrogen-bond donors (Lipinski definition) is 0. The molecule has 1 heterocycles. The molecule has 72 valence electrons. The van der Waals surface area contributed by atoms with Gasteiger partial charge < -0.3 is 0 Å². The van der Waals surface area contributed by atoms with Crippen LogP contribution in [0.2, 0.25) is 0 Å². The fourth-order valence-corrected chi connectivity index (χ4v) is 2.31. The molecule has 0 bridgehead atoms.